The van der Waals surface area contributed by atoms with Crippen LogP contribution in [0.25, 0.3) is 6.08 Å². The number of likely N-dealkylation sites (N-methyl/N-ethyl adjacent to an activating group) is 1. The van der Waals surface area contributed by atoms with Gasteiger partial charge in [-0.1, -0.05) is 31.2 Å². The van der Waals surface area contributed by atoms with Crippen molar-refractivity contribution in [3.8, 4) is 0 Å². The Labute approximate surface area is 144 Å². The number of carbonyl (C=O) groups excluding carboxylic acids is 1. The van der Waals surface area contributed by atoms with Gasteiger partial charge in [-0.2, -0.15) is 5.10 Å². The van der Waals surface area contributed by atoms with Gasteiger partial charge in [0.05, 0.1) is 12.2 Å². The van der Waals surface area contributed by atoms with Crippen molar-refractivity contribution in [1.82, 2.24) is 20.0 Å². The van der Waals surface area contributed by atoms with Crippen LogP contribution >= 0.6 is 0 Å². The third-order valence-corrected chi connectivity index (χ3v) is 4.02. The lowest BCUT2D eigenvalue weighted by molar-refractivity contribution is -0.116. The van der Waals surface area contributed by atoms with E-state index in [4.69, 9.17) is 0 Å². The van der Waals surface area contributed by atoms with Crippen molar-refractivity contribution in [1.29, 1.82) is 0 Å². The second-order valence-electron chi connectivity index (χ2n) is 6.10. The number of benzene rings is 1. The summed E-state index contributed by atoms with van der Waals surface area (Å²) in [4.78, 5) is 14.2. The van der Waals surface area contributed by atoms with Crippen LogP contribution in [-0.4, -0.2) is 41.2 Å². The molecule has 0 spiro atoms. The standard InChI is InChI=1S/C19H26N4O/c1-5-15-6-9-17(10-7-15)18(22(2)3)13-20-19(24)11-8-16-12-21-23(4)14-16/h6-12,14,18H,5,13H2,1-4H3,(H,20,24)/b11-8+/t18-/m0/s1. The summed E-state index contributed by atoms with van der Waals surface area (Å²) in [6.07, 6.45) is 7.93. The molecule has 2 rings (SSSR count). The van der Waals surface area contributed by atoms with Crippen molar-refractivity contribution in [3.05, 3.63) is 59.4 Å². The van der Waals surface area contributed by atoms with Gasteiger partial charge in [0.2, 0.25) is 5.91 Å². The van der Waals surface area contributed by atoms with Gasteiger partial charge in [-0.3, -0.25) is 9.48 Å². The number of aryl methyl sites for hydroxylation is 2. The van der Waals surface area contributed by atoms with Gasteiger partial charge in [-0.05, 0) is 37.7 Å². The Morgan fingerprint density at radius 1 is 1.33 bits per heavy atom. The number of rotatable bonds is 7. The molecular weight excluding hydrogens is 300 g/mol. The second-order valence-corrected chi connectivity index (χ2v) is 6.10. The first-order chi connectivity index (χ1) is 11.5. The fraction of sp³-hybridized carbons (Fsp3) is 0.368. The third kappa shape index (κ3) is 5.06. The van der Waals surface area contributed by atoms with E-state index in [1.165, 1.54) is 11.1 Å². The molecule has 0 bridgehead atoms. The highest BCUT2D eigenvalue weighted by Crippen LogP contribution is 2.18. The Hall–Kier alpha value is -2.40. The average molecular weight is 326 g/mol. The van der Waals surface area contributed by atoms with Crippen molar-refractivity contribution in [2.45, 2.75) is 19.4 Å². The highest BCUT2D eigenvalue weighted by molar-refractivity contribution is 5.91. The van der Waals surface area contributed by atoms with Crippen molar-refractivity contribution >= 4 is 12.0 Å². The van der Waals surface area contributed by atoms with E-state index in [2.05, 4.69) is 46.5 Å². The lowest BCUT2D eigenvalue weighted by Gasteiger charge is -2.25. The number of nitrogens with zero attached hydrogens (tertiary/aromatic N) is 3. The van der Waals surface area contributed by atoms with E-state index in [-0.39, 0.29) is 11.9 Å². The lowest BCUT2D eigenvalue weighted by atomic mass is 10.0. The highest BCUT2D eigenvalue weighted by Gasteiger charge is 2.14. The maximum absolute atomic E-state index is 12.0. The topological polar surface area (TPSA) is 50.2 Å². The molecule has 1 aromatic heterocycles. The van der Waals surface area contributed by atoms with Gasteiger partial charge in [0.1, 0.15) is 0 Å². The molecule has 0 fully saturated rings. The van der Waals surface area contributed by atoms with Crippen LogP contribution in [0.2, 0.25) is 0 Å². The van der Waals surface area contributed by atoms with Gasteiger partial charge in [0.25, 0.3) is 0 Å². The van der Waals surface area contributed by atoms with E-state index in [1.54, 1.807) is 23.0 Å². The molecule has 0 aliphatic carbocycles. The molecule has 1 amide bonds. The molecule has 5 nitrogen and oxygen atoms in total. The minimum atomic E-state index is -0.101. The van der Waals surface area contributed by atoms with Crippen LogP contribution in [0.3, 0.4) is 0 Å². The number of aromatic nitrogens is 2. The zero-order valence-electron chi connectivity index (χ0n) is 14.9. The number of nitrogens with one attached hydrogen (secondary N) is 1. The van der Waals surface area contributed by atoms with Crippen LogP contribution in [-0.2, 0) is 18.3 Å². The Kier molecular flexibility index (Phi) is 6.32. The predicted molar refractivity (Wildman–Crippen MR) is 97.5 cm³/mol. The lowest BCUT2D eigenvalue weighted by Crippen LogP contribution is -2.33. The van der Waals surface area contributed by atoms with Gasteiger partial charge in [-0.25, -0.2) is 0 Å². The molecule has 0 radical (unpaired) electrons. The first-order valence-corrected chi connectivity index (χ1v) is 8.19. The zero-order valence-corrected chi connectivity index (χ0v) is 14.9. The molecule has 24 heavy (non-hydrogen) atoms. The quantitative estimate of drug-likeness (QED) is 0.795. The number of hydrogen-bond donors (Lipinski definition) is 1. The van der Waals surface area contributed by atoms with Gasteiger partial charge in [0, 0.05) is 31.4 Å². The highest BCUT2D eigenvalue weighted by atomic mass is 16.1. The first kappa shape index (κ1) is 17.9. The van der Waals surface area contributed by atoms with E-state index >= 15 is 0 Å². The van der Waals surface area contributed by atoms with Crippen molar-refractivity contribution in [3.63, 3.8) is 0 Å². The second kappa shape index (κ2) is 8.45. The minimum Gasteiger partial charge on any atom is -0.351 e. The number of carbonyl (C=O) groups is 1. The number of amides is 1. The first-order valence-electron chi connectivity index (χ1n) is 8.19. The predicted octanol–water partition coefficient (Wildman–Crippen LogP) is 2.41. The molecular formula is C19H26N4O. The summed E-state index contributed by atoms with van der Waals surface area (Å²) in [6.45, 7) is 2.71. The van der Waals surface area contributed by atoms with Crippen LogP contribution in [0.5, 0.6) is 0 Å². The van der Waals surface area contributed by atoms with Crippen LogP contribution in [0.4, 0.5) is 0 Å². The smallest absolute Gasteiger partial charge is 0.244 e. The third-order valence-electron chi connectivity index (χ3n) is 4.02. The normalized spacial score (nSPS) is 12.7. The summed E-state index contributed by atoms with van der Waals surface area (Å²) in [5.41, 5.74) is 3.43. The summed E-state index contributed by atoms with van der Waals surface area (Å²) in [5, 5.41) is 7.05. The summed E-state index contributed by atoms with van der Waals surface area (Å²) in [6, 6.07) is 8.72. The molecule has 1 heterocycles. The van der Waals surface area contributed by atoms with Crippen molar-refractivity contribution < 1.29 is 4.79 Å². The Morgan fingerprint density at radius 2 is 2.04 bits per heavy atom. The van der Waals surface area contributed by atoms with Gasteiger partial charge in [0.15, 0.2) is 0 Å². The monoisotopic (exact) mass is 326 g/mol. The maximum Gasteiger partial charge on any atom is 0.244 e. The fourth-order valence-corrected chi connectivity index (χ4v) is 2.53. The molecule has 5 heteroatoms. The minimum absolute atomic E-state index is 0.101. The van der Waals surface area contributed by atoms with E-state index in [0.717, 1.165) is 12.0 Å². The molecule has 0 unspecified atom stereocenters. The van der Waals surface area contributed by atoms with Crippen LogP contribution in [0.15, 0.2) is 42.7 Å². The van der Waals surface area contributed by atoms with Gasteiger partial charge in [-0.15, -0.1) is 0 Å². The molecule has 0 aliphatic rings. The summed E-state index contributed by atoms with van der Waals surface area (Å²) in [7, 11) is 5.90. The van der Waals surface area contributed by atoms with E-state index in [1.807, 2.05) is 27.3 Å². The summed E-state index contributed by atoms with van der Waals surface area (Å²) >= 11 is 0. The van der Waals surface area contributed by atoms with Gasteiger partial charge < -0.3 is 10.2 Å². The molecule has 1 aromatic carbocycles. The molecule has 0 aliphatic heterocycles. The Bertz CT molecular complexity index is 686. The molecule has 2 aromatic rings. The number of hydrogen-bond acceptors (Lipinski definition) is 3. The summed E-state index contributed by atoms with van der Waals surface area (Å²) < 4.78 is 1.71. The van der Waals surface area contributed by atoms with E-state index in [9.17, 15) is 4.79 Å². The molecule has 1 atom stereocenters. The van der Waals surface area contributed by atoms with Crippen LogP contribution in [0, 0.1) is 0 Å². The fourth-order valence-electron chi connectivity index (χ4n) is 2.53. The maximum atomic E-state index is 12.0. The largest absolute Gasteiger partial charge is 0.351 e. The molecule has 128 valence electrons. The molecule has 1 N–H and O–H groups in total. The summed E-state index contributed by atoms with van der Waals surface area (Å²) in [5.74, 6) is -0.101. The van der Waals surface area contributed by atoms with Crippen molar-refractivity contribution in [2.24, 2.45) is 7.05 Å². The molecule has 0 saturated carbocycles. The Morgan fingerprint density at radius 3 is 2.58 bits per heavy atom. The zero-order chi connectivity index (χ0) is 17.5. The molecule has 0 saturated heterocycles. The SMILES string of the molecule is CCc1ccc([C@H](CNC(=O)/C=C/c2cnn(C)c2)N(C)C)cc1. The van der Waals surface area contributed by atoms with Crippen molar-refractivity contribution in [2.75, 3.05) is 20.6 Å². The Balaban J connectivity index is 1.95. The van der Waals surface area contributed by atoms with Crippen LogP contribution in [0.1, 0.15) is 29.7 Å². The van der Waals surface area contributed by atoms with Gasteiger partial charge >= 0.3 is 0 Å². The van der Waals surface area contributed by atoms with E-state index in [0.29, 0.717) is 6.54 Å². The van der Waals surface area contributed by atoms with E-state index < -0.39 is 0 Å². The average Bonchev–Trinajstić information content (AvgIpc) is 2.99. The van der Waals surface area contributed by atoms with Crippen LogP contribution < -0.4 is 5.32 Å².